The summed E-state index contributed by atoms with van der Waals surface area (Å²) < 4.78 is 1.28. The number of hydrogen-bond donors (Lipinski definition) is 2. The van der Waals surface area contributed by atoms with Crippen molar-refractivity contribution in [1.82, 2.24) is 19.9 Å². The maximum Gasteiger partial charge on any atom is 0.283 e. The molecule has 0 atom stereocenters. The number of amides is 1. The molecular weight excluding hydrogens is 470 g/mol. The van der Waals surface area contributed by atoms with Crippen molar-refractivity contribution in [3.05, 3.63) is 74.6 Å². The van der Waals surface area contributed by atoms with E-state index in [2.05, 4.69) is 26.8 Å². The van der Waals surface area contributed by atoms with Gasteiger partial charge in [-0.3, -0.25) is 9.59 Å². The van der Waals surface area contributed by atoms with Crippen LogP contribution in [0.3, 0.4) is 0 Å². The van der Waals surface area contributed by atoms with Crippen LogP contribution in [0, 0.1) is 6.92 Å². The molecule has 174 valence electrons. The Morgan fingerprint density at radius 2 is 2.09 bits per heavy atom. The first-order valence-electron chi connectivity index (χ1n) is 11.3. The molecule has 7 nitrogen and oxygen atoms in total. The number of nitrogens with one attached hydrogen (secondary N) is 2. The van der Waals surface area contributed by atoms with Crippen LogP contribution < -0.4 is 16.2 Å². The van der Waals surface area contributed by atoms with Gasteiger partial charge in [-0.2, -0.15) is 4.52 Å². The van der Waals surface area contributed by atoms with Crippen molar-refractivity contribution in [3.8, 4) is 0 Å². The van der Waals surface area contributed by atoms with Crippen molar-refractivity contribution in [2.45, 2.75) is 39.0 Å². The molecule has 2 aromatic carbocycles. The molecule has 4 aromatic rings. The highest BCUT2D eigenvalue weighted by atomic mass is 35.5. The molecule has 0 bridgehead atoms. The quantitative estimate of drug-likeness (QED) is 0.340. The molecular formula is C25H24ClN5O2S. The van der Waals surface area contributed by atoms with Gasteiger partial charge in [0.2, 0.25) is 10.1 Å². The van der Waals surface area contributed by atoms with E-state index >= 15 is 0 Å². The average Bonchev–Trinajstić information content (AvgIpc) is 3.24. The van der Waals surface area contributed by atoms with Crippen LogP contribution in [0.2, 0.25) is 5.02 Å². The number of nitrogens with zero attached hydrogens (tertiary/aromatic N) is 3. The van der Waals surface area contributed by atoms with Gasteiger partial charge in [-0.1, -0.05) is 40.7 Å². The van der Waals surface area contributed by atoms with E-state index in [1.165, 1.54) is 34.3 Å². The van der Waals surface area contributed by atoms with Crippen molar-refractivity contribution >= 4 is 55.5 Å². The number of halogens is 1. The Bertz CT molecular complexity index is 1490. The Morgan fingerprint density at radius 1 is 1.21 bits per heavy atom. The van der Waals surface area contributed by atoms with Crippen LogP contribution in [-0.4, -0.2) is 27.0 Å². The van der Waals surface area contributed by atoms with Gasteiger partial charge < -0.3 is 10.6 Å². The lowest BCUT2D eigenvalue weighted by Crippen LogP contribution is -2.25. The maximum absolute atomic E-state index is 13.0. The van der Waals surface area contributed by atoms with Crippen LogP contribution in [0.4, 0.5) is 10.8 Å². The fourth-order valence-electron chi connectivity index (χ4n) is 4.11. The molecule has 0 saturated carbocycles. The van der Waals surface area contributed by atoms with Crippen LogP contribution in [0.15, 0.2) is 52.8 Å². The second-order valence-corrected chi connectivity index (χ2v) is 9.84. The topological polar surface area (TPSA) is 88.4 Å². The molecule has 2 heterocycles. The molecule has 0 spiro atoms. The summed E-state index contributed by atoms with van der Waals surface area (Å²) in [4.78, 5) is 30.7. The smallest absolute Gasteiger partial charge is 0.283 e. The number of hydrogen-bond acceptors (Lipinski definition) is 6. The molecule has 1 amide bonds. The maximum atomic E-state index is 13.0. The summed E-state index contributed by atoms with van der Waals surface area (Å²) in [7, 11) is 0. The minimum atomic E-state index is -0.275. The first kappa shape index (κ1) is 22.6. The number of benzene rings is 2. The molecule has 34 heavy (non-hydrogen) atoms. The number of anilines is 2. The second kappa shape index (κ2) is 9.56. The summed E-state index contributed by atoms with van der Waals surface area (Å²) in [5, 5.41) is 12.1. The summed E-state index contributed by atoms with van der Waals surface area (Å²) in [6, 6.07) is 10.5. The Kier molecular flexibility index (Phi) is 6.34. The molecule has 2 aromatic heterocycles. The van der Waals surface area contributed by atoms with Crippen LogP contribution in [-0.2, 0) is 0 Å². The Hall–Kier alpha value is -3.23. The van der Waals surface area contributed by atoms with Gasteiger partial charge in [0, 0.05) is 22.8 Å². The van der Waals surface area contributed by atoms with Gasteiger partial charge in [-0.15, -0.1) is 5.10 Å². The van der Waals surface area contributed by atoms with Crippen molar-refractivity contribution in [2.24, 2.45) is 0 Å². The summed E-state index contributed by atoms with van der Waals surface area (Å²) in [6.07, 6.45) is 7.91. The van der Waals surface area contributed by atoms with Gasteiger partial charge >= 0.3 is 0 Å². The number of rotatable bonds is 6. The number of carbonyl (C=O) groups is 1. The first-order valence-corrected chi connectivity index (χ1v) is 12.5. The van der Waals surface area contributed by atoms with Crippen molar-refractivity contribution in [1.29, 1.82) is 0 Å². The van der Waals surface area contributed by atoms with Crippen LogP contribution in [0.25, 0.3) is 15.9 Å². The van der Waals surface area contributed by atoms with Crippen LogP contribution in [0.1, 0.15) is 48.0 Å². The summed E-state index contributed by atoms with van der Waals surface area (Å²) >= 11 is 7.37. The van der Waals surface area contributed by atoms with Crippen LogP contribution >= 0.6 is 22.9 Å². The fraction of sp³-hybridized carbons (Fsp3) is 0.280. The lowest BCUT2D eigenvalue weighted by Gasteiger charge is -2.13. The second-order valence-electron chi connectivity index (χ2n) is 8.45. The number of allylic oxidation sites excluding steroid dienone is 1. The largest absolute Gasteiger partial charge is 0.352 e. The summed E-state index contributed by atoms with van der Waals surface area (Å²) in [6.45, 7) is 2.56. The molecule has 9 heteroatoms. The molecule has 0 unspecified atom stereocenters. The zero-order chi connectivity index (χ0) is 23.7. The van der Waals surface area contributed by atoms with Gasteiger partial charge in [-0.05, 0) is 74.9 Å². The third-order valence-corrected chi connectivity index (χ3v) is 7.08. The van der Waals surface area contributed by atoms with Gasteiger partial charge in [0.1, 0.15) is 0 Å². The van der Waals surface area contributed by atoms with E-state index in [1.54, 1.807) is 18.2 Å². The van der Waals surface area contributed by atoms with E-state index in [4.69, 9.17) is 11.6 Å². The monoisotopic (exact) mass is 493 g/mol. The third-order valence-electron chi connectivity index (χ3n) is 6.02. The minimum Gasteiger partial charge on any atom is -0.352 e. The van der Waals surface area contributed by atoms with Gasteiger partial charge in [0.15, 0.2) is 0 Å². The van der Waals surface area contributed by atoms with E-state index < -0.39 is 0 Å². The highest BCUT2D eigenvalue weighted by Gasteiger charge is 2.14. The standard InChI is InChI=1S/C25H24ClN5O2S/c1-15-7-9-18(26)14-20(15)28-24-30-31-23(33)19-10-8-17(13-21(19)29-25(31)34-24)22(32)27-12-11-16-5-3-2-4-6-16/h5,7-10,13-14H,2-4,6,11-12H2,1H3,(H,27,32)(H,28,30). The fourth-order valence-corrected chi connectivity index (χ4v) is 5.10. The Morgan fingerprint density at radius 3 is 2.91 bits per heavy atom. The lowest BCUT2D eigenvalue weighted by atomic mass is 9.97. The van der Waals surface area contributed by atoms with E-state index in [0.717, 1.165) is 30.5 Å². The number of aryl methyl sites for hydroxylation is 1. The molecule has 0 aliphatic heterocycles. The predicted octanol–water partition coefficient (Wildman–Crippen LogP) is 5.63. The van der Waals surface area contributed by atoms with Gasteiger partial charge in [-0.25, -0.2) is 4.98 Å². The van der Waals surface area contributed by atoms with Crippen molar-refractivity contribution in [2.75, 3.05) is 11.9 Å². The first-order chi connectivity index (χ1) is 16.5. The number of fused-ring (bicyclic) bond motifs is 2. The number of aromatic nitrogens is 3. The van der Waals surface area contributed by atoms with E-state index in [0.29, 0.717) is 38.1 Å². The molecule has 2 N–H and O–H groups in total. The summed E-state index contributed by atoms with van der Waals surface area (Å²) in [5.74, 6) is -0.164. The predicted molar refractivity (Wildman–Crippen MR) is 138 cm³/mol. The Labute approximate surface area is 205 Å². The zero-order valence-electron chi connectivity index (χ0n) is 18.7. The SMILES string of the molecule is Cc1ccc(Cl)cc1Nc1nn2c(=O)c3ccc(C(=O)NCCC4=CCCCC4)cc3nc2s1. The molecule has 1 aliphatic rings. The van der Waals surface area contributed by atoms with E-state index in [9.17, 15) is 9.59 Å². The molecule has 0 saturated heterocycles. The minimum absolute atomic E-state index is 0.164. The highest BCUT2D eigenvalue weighted by molar-refractivity contribution is 7.20. The average molecular weight is 494 g/mol. The van der Waals surface area contributed by atoms with E-state index in [1.807, 2.05) is 25.1 Å². The highest BCUT2D eigenvalue weighted by Crippen LogP contribution is 2.27. The molecule has 1 aliphatic carbocycles. The summed E-state index contributed by atoms with van der Waals surface area (Å²) in [5.41, 5.74) is 3.92. The lowest BCUT2D eigenvalue weighted by molar-refractivity contribution is 0.0954. The zero-order valence-corrected chi connectivity index (χ0v) is 20.3. The third kappa shape index (κ3) is 4.69. The normalized spacial score (nSPS) is 13.8. The van der Waals surface area contributed by atoms with E-state index in [-0.39, 0.29) is 11.5 Å². The van der Waals surface area contributed by atoms with Crippen molar-refractivity contribution in [3.63, 3.8) is 0 Å². The van der Waals surface area contributed by atoms with Crippen molar-refractivity contribution < 1.29 is 4.79 Å². The van der Waals surface area contributed by atoms with Gasteiger partial charge in [0.25, 0.3) is 11.5 Å². The molecule has 0 fully saturated rings. The Balaban J connectivity index is 1.38. The van der Waals surface area contributed by atoms with Crippen LogP contribution in [0.5, 0.6) is 0 Å². The number of carbonyl (C=O) groups excluding carboxylic acids is 1. The molecule has 5 rings (SSSR count). The van der Waals surface area contributed by atoms with Gasteiger partial charge in [0.05, 0.1) is 10.9 Å². The molecule has 0 radical (unpaired) electrons.